The van der Waals surface area contributed by atoms with Crippen molar-refractivity contribution in [1.82, 2.24) is 19.4 Å². The highest BCUT2D eigenvalue weighted by molar-refractivity contribution is 6.30. The summed E-state index contributed by atoms with van der Waals surface area (Å²) in [5.41, 5.74) is 0.800. The van der Waals surface area contributed by atoms with Crippen LogP contribution in [0.1, 0.15) is 38.5 Å². The molecule has 4 aliphatic rings. The molecule has 220 valence electrons. The Bertz CT molecular complexity index is 1640. The van der Waals surface area contributed by atoms with Crippen molar-refractivity contribution >= 4 is 40.1 Å². The molecule has 3 aliphatic carbocycles. The second-order valence-electron chi connectivity index (χ2n) is 11.6. The Kier molecular flexibility index (Phi) is 7.92. The minimum absolute atomic E-state index is 0.0455. The number of ether oxygens (including phenoxy) is 1. The van der Waals surface area contributed by atoms with Crippen molar-refractivity contribution in [3.05, 3.63) is 61.8 Å². The lowest BCUT2D eigenvalue weighted by atomic mass is 9.85. The summed E-state index contributed by atoms with van der Waals surface area (Å²) in [7, 11) is 0. The topological polar surface area (TPSA) is 138 Å². The number of rotatable bonds is 7. The van der Waals surface area contributed by atoms with Crippen LogP contribution in [0, 0.1) is 23.2 Å². The number of amides is 3. The second-order valence-corrected chi connectivity index (χ2v) is 12.1. The Morgan fingerprint density at radius 2 is 1.86 bits per heavy atom. The van der Waals surface area contributed by atoms with E-state index in [-0.39, 0.29) is 36.3 Å². The van der Waals surface area contributed by atoms with Gasteiger partial charge in [0.25, 0.3) is 11.5 Å². The van der Waals surface area contributed by atoms with Gasteiger partial charge in [-0.25, -0.2) is 9.59 Å². The largest absolute Gasteiger partial charge is 0.365 e. The van der Waals surface area contributed by atoms with Gasteiger partial charge < -0.3 is 20.3 Å². The van der Waals surface area contributed by atoms with E-state index in [2.05, 4.69) is 10.6 Å². The first-order valence-corrected chi connectivity index (χ1v) is 14.9. The number of hydrogen-bond donors (Lipinski definition) is 2. The van der Waals surface area contributed by atoms with Crippen molar-refractivity contribution in [3.8, 4) is 6.07 Å². The number of aromatic nitrogens is 2. The van der Waals surface area contributed by atoms with Gasteiger partial charge in [0, 0.05) is 36.8 Å². The first kappa shape index (κ1) is 28.2. The van der Waals surface area contributed by atoms with Gasteiger partial charge in [0.1, 0.15) is 6.07 Å². The molecule has 2 aromatic rings. The number of carbonyl (C=O) groups excluding carboxylic acids is 2. The van der Waals surface area contributed by atoms with E-state index < -0.39 is 12.1 Å². The average Bonchev–Trinajstić information content (AvgIpc) is 3.79. The predicted molar refractivity (Wildman–Crippen MR) is 157 cm³/mol. The van der Waals surface area contributed by atoms with Crippen LogP contribution in [-0.4, -0.2) is 57.8 Å². The Balaban J connectivity index is 1.16. The minimum atomic E-state index is -0.870. The molecule has 0 bridgehead atoms. The second kappa shape index (κ2) is 11.8. The quantitative estimate of drug-likeness (QED) is 0.507. The van der Waals surface area contributed by atoms with Crippen LogP contribution in [0.3, 0.4) is 0 Å². The van der Waals surface area contributed by atoms with Crippen molar-refractivity contribution in [3.63, 3.8) is 0 Å². The highest BCUT2D eigenvalue weighted by atomic mass is 35.5. The summed E-state index contributed by atoms with van der Waals surface area (Å²) in [6.45, 7) is 1.53. The van der Waals surface area contributed by atoms with Crippen molar-refractivity contribution in [2.45, 2.75) is 63.8 Å². The SMILES string of the molecule is N#CC1=C(Cl)CC(NC(=O)C2CN(C(=O)Nc3ccc4c(c3)c(=O)n(CC3CC3)c(=O)n4CC3CCC3)CCO2)C=C1. The molecule has 1 aliphatic heterocycles. The van der Waals surface area contributed by atoms with E-state index in [1.165, 1.54) is 9.47 Å². The number of carbonyl (C=O) groups is 2. The molecular weight excluding hydrogens is 560 g/mol. The van der Waals surface area contributed by atoms with Crippen molar-refractivity contribution in [1.29, 1.82) is 5.26 Å². The first-order valence-electron chi connectivity index (χ1n) is 14.5. The zero-order valence-electron chi connectivity index (χ0n) is 23.2. The van der Waals surface area contributed by atoms with Crippen molar-refractivity contribution < 1.29 is 14.3 Å². The predicted octanol–water partition coefficient (Wildman–Crippen LogP) is 3.07. The third kappa shape index (κ3) is 5.87. The molecule has 3 amide bonds. The highest BCUT2D eigenvalue weighted by Crippen LogP contribution is 2.31. The van der Waals surface area contributed by atoms with Crippen LogP contribution < -0.4 is 21.9 Å². The minimum Gasteiger partial charge on any atom is -0.365 e. The molecule has 2 unspecified atom stereocenters. The van der Waals surface area contributed by atoms with Gasteiger partial charge in [-0.15, -0.1) is 0 Å². The maximum absolute atomic E-state index is 13.4. The van der Waals surface area contributed by atoms with Gasteiger partial charge in [0.15, 0.2) is 6.10 Å². The number of nitrogens with one attached hydrogen (secondary N) is 2. The zero-order chi connectivity index (χ0) is 29.4. The van der Waals surface area contributed by atoms with Gasteiger partial charge >= 0.3 is 11.7 Å². The molecule has 0 spiro atoms. The molecule has 0 radical (unpaired) electrons. The summed E-state index contributed by atoms with van der Waals surface area (Å²) in [4.78, 5) is 54.4. The van der Waals surface area contributed by atoms with E-state index in [0.29, 0.717) is 65.1 Å². The normalized spacial score (nSPS) is 22.5. The summed E-state index contributed by atoms with van der Waals surface area (Å²) in [5.74, 6) is 0.413. The average molecular weight is 593 g/mol. The number of allylic oxidation sites excluding steroid dienone is 2. The number of fused-ring (bicyclic) bond motifs is 1. The van der Waals surface area contributed by atoms with Crippen LogP contribution in [0.15, 0.2) is 50.5 Å². The molecule has 2 atom stereocenters. The molecule has 3 fully saturated rings. The van der Waals surface area contributed by atoms with Gasteiger partial charge in [-0.05, 0) is 61.8 Å². The Labute approximate surface area is 247 Å². The first-order chi connectivity index (χ1) is 20.3. The molecule has 1 aromatic heterocycles. The molecule has 2 N–H and O–H groups in total. The maximum atomic E-state index is 13.4. The fraction of sp³-hybridized carbons (Fsp3) is 0.500. The number of halogens is 1. The Hall–Kier alpha value is -3.88. The number of benzene rings is 1. The third-order valence-electron chi connectivity index (χ3n) is 8.56. The van der Waals surface area contributed by atoms with Crippen LogP contribution in [-0.2, 0) is 22.6 Å². The number of anilines is 1. The standard InChI is InChI=1S/C30H33ClN6O5/c31-24-13-22(7-6-20(24)14-32)33-27(38)26-17-35(10-11-42-26)29(40)34-21-8-9-25-23(12-21)28(39)37(16-19-4-5-19)30(41)36(25)15-18-2-1-3-18/h6-9,12,18-19,22,26H,1-5,10-11,13,15-17H2,(H,33,38)(H,34,40). The Morgan fingerprint density at radius 3 is 2.55 bits per heavy atom. The summed E-state index contributed by atoms with van der Waals surface area (Å²) < 4.78 is 8.73. The van der Waals surface area contributed by atoms with Crippen LogP contribution >= 0.6 is 11.6 Å². The summed E-state index contributed by atoms with van der Waals surface area (Å²) in [6.07, 6.45) is 8.07. The Morgan fingerprint density at radius 1 is 1.10 bits per heavy atom. The monoisotopic (exact) mass is 592 g/mol. The molecule has 12 heteroatoms. The molecule has 42 heavy (non-hydrogen) atoms. The van der Waals surface area contributed by atoms with E-state index in [1.54, 1.807) is 34.9 Å². The van der Waals surface area contributed by atoms with Crippen LogP contribution in [0.25, 0.3) is 10.9 Å². The fourth-order valence-corrected chi connectivity index (χ4v) is 5.94. The molecule has 1 aromatic carbocycles. The fourth-order valence-electron chi connectivity index (χ4n) is 5.67. The lowest BCUT2D eigenvalue weighted by molar-refractivity contribution is -0.137. The lowest BCUT2D eigenvalue weighted by Gasteiger charge is -2.33. The third-order valence-corrected chi connectivity index (χ3v) is 8.92. The van der Waals surface area contributed by atoms with Crippen LogP contribution in [0.5, 0.6) is 0 Å². The van der Waals surface area contributed by atoms with Gasteiger partial charge in [0.2, 0.25) is 0 Å². The van der Waals surface area contributed by atoms with Gasteiger partial charge in [-0.3, -0.25) is 18.7 Å². The molecule has 2 heterocycles. The lowest BCUT2D eigenvalue weighted by Crippen LogP contribution is -2.53. The van der Waals surface area contributed by atoms with E-state index >= 15 is 0 Å². The zero-order valence-corrected chi connectivity index (χ0v) is 23.9. The van der Waals surface area contributed by atoms with E-state index in [9.17, 15) is 19.2 Å². The van der Waals surface area contributed by atoms with Crippen molar-refractivity contribution in [2.75, 3.05) is 25.0 Å². The highest BCUT2D eigenvalue weighted by Gasteiger charge is 2.31. The van der Waals surface area contributed by atoms with Crippen molar-refractivity contribution in [2.24, 2.45) is 11.8 Å². The summed E-state index contributed by atoms with van der Waals surface area (Å²) in [6, 6.07) is 6.29. The molecule has 6 rings (SSSR count). The number of nitrogens with zero attached hydrogens (tertiary/aromatic N) is 4. The number of hydrogen-bond acceptors (Lipinski definition) is 6. The van der Waals surface area contributed by atoms with Gasteiger partial charge in [-0.1, -0.05) is 24.1 Å². The summed E-state index contributed by atoms with van der Waals surface area (Å²) >= 11 is 6.14. The maximum Gasteiger partial charge on any atom is 0.331 e. The molecule has 2 saturated carbocycles. The van der Waals surface area contributed by atoms with Crippen LogP contribution in [0.2, 0.25) is 0 Å². The van der Waals surface area contributed by atoms with Crippen LogP contribution in [0.4, 0.5) is 10.5 Å². The molecule has 11 nitrogen and oxygen atoms in total. The number of nitriles is 1. The molecular formula is C30H33ClN6O5. The summed E-state index contributed by atoms with van der Waals surface area (Å²) in [5, 5.41) is 15.6. The smallest absolute Gasteiger partial charge is 0.331 e. The van der Waals surface area contributed by atoms with E-state index in [0.717, 1.165) is 32.1 Å². The van der Waals surface area contributed by atoms with Gasteiger partial charge in [-0.2, -0.15) is 5.26 Å². The number of urea groups is 1. The molecule has 1 saturated heterocycles. The van der Waals surface area contributed by atoms with E-state index in [4.69, 9.17) is 21.6 Å². The van der Waals surface area contributed by atoms with E-state index in [1.807, 2.05) is 6.07 Å². The van der Waals surface area contributed by atoms with Gasteiger partial charge in [0.05, 0.1) is 35.7 Å². The number of morpholine rings is 1.